The van der Waals surface area contributed by atoms with Crippen LogP contribution in [0.4, 0.5) is 17.1 Å². The van der Waals surface area contributed by atoms with Gasteiger partial charge in [0.2, 0.25) is 0 Å². The molecule has 2 heteroatoms. The van der Waals surface area contributed by atoms with E-state index in [0.29, 0.717) is 0 Å². The van der Waals surface area contributed by atoms with Crippen molar-refractivity contribution < 1.29 is 4.42 Å². The van der Waals surface area contributed by atoms with Gasteiger partial charge in [0.25, 0.3) is 0 Å². The zero-order valence-corrected chi connectivity index (χ0v) is 35.2. The van der Waals surface area contributed by atoms with Gasteiger partial charge in [-0.3, -0.25) is 0 Å². The van der Waals surface area contributed by atoms with E-state index in [1.165, 1.54) is 38.9 Å². The minimum Gasteiger partial charge on any atom is -0.455 e. The molecule has 1 aliphatic rings. The maximum Gasteiger partial charge on any atom is 0.143 e. The Morgan fingerprint density at radius 1 is 0.317 bits per heavy atom. The summed E-state index contributed by atoms with van der Waals surface area (Å²) in [7, 11) is 0. The first-order chi connectivity index (χ1) is 31.0. The van der Waals surface area contributed by atoms with E-state index in [1.807, 2.05) is 0 Å². The topological polar surface area (TPSA) is 16.4 Å². The van der Waals surface area contributed by atoms with Crippen molar-refractivity contribution in [3.63, 3.8) is 0 Å². The Balaban J connectivity index is 1.05. The molecule has 63 heavy (non-hydrogen) atoms. The Labute approximate surface area is 368 Å². The molecule has 0 fully saturated rings. The van der Waals surface area contributed by atoms with Crippen LogP contribution >= 0.6 is 0 Å². The fraction of sp³-hybridized carbons (Fsp3) is 0.0492. The highest BCUT2D eigenvalue weighted by atomic mass is 16.3. The summed E-state index contributed by atoms with van der Waals surface area (Å²) in [5.41, 5.74) is 19.6. The van der Waals surface area contributed by atoms with Crippen LogP contribution in [0.3, 0.4) is 0 Å². The summed E-state index contributed by atoms with van der Waals surface area (Å²) in [6, 6.07) is 81.4. The van der Waals surface area contributed by atoms with Crippen LogP contribution in [0.15, 0.2) is 229 Å². The number of rotatable bonds is 7. The molecule has 0 unspecified atom stereocenters. The third-order valence-corrected chi connectivity index (χ3v) is 13.3. The third kappa shape index (κ3) is 6.02. The van der Waals surface area contributed by atoms with Crippen molar-refractivity contribution in [2.45, 2.75) is 19.3 Å². The highest BCUT2D eigenvalue weighted by Gasteiger charge is 2.36. The van der Waals surface area contributed by atoms with E-state index in [9.17, 15) is 0 Å². The van der Waals surface area contributed by atoms with Crippen LogP contribution in [0.2, 0.25) is 0 Å². The average molecular weight is 806 g/mol. The van der Waals surface area contributed by atoms with Crippen molar-refractivity contribution in [2.75, 3.05) is 4.90 Å². The van der Waals surface area contributed by atoms with E-state index in [0.717, 1.165) is 77.6 Å². The maximum absolute atomic E-state index is 7.09. The summed E-state index contributed by atoms with van der Waals surface area (Å²) in [6.45, 7) is 4.71. The summed E-state index contributed by atoms with van der Waals surface area (Å²) in [5, 5.41) is 4.46. The lowest BCUT2D eigenvalue weighted by molar-refractivity contribution is 0.660. The lowest BCUT2D eigenvalue weighted by Gasteiger charge is -2.28. The van der Waals surface area contributed by atoms with Crippen LogP contribution in [0.5, 0.6) is 0 Å². The lowest BCUT2D eigenvalue weighted by Crippen LogP contribution is -2.16. The highest BCUT2D eigenvalue weighted by molar-refractivity contribution is 6.21. The van der Waals surface area contributed by atoms with Gasteiger partial charge in [-0.2, -0.15) is 0 Å². The minimum atomic E-state index is -0.128. The first-order valence-electron chi connectivity index (χ1n) is 21.8. The Hall–Kier alpha value is -7.94. The lowest BCUT2D eigenvalue weighted by atomic mass is 9.82. The Kier molecular flexibility index (Phi) is 8.55. The number of anilines is 3. The second-order valence-corrected chi connectivity index (χ2v) is 17.2. The van der Waals surface area contributed by atoms with Crippen molar-refractivity contribution in [3.05, 3.63) is 236 Å². The molecule has 0 aliphatic heterocycles. The SMILES string of the molecule is CC1(C)c2ccccc2-c2ccc(N(c3ccc(-c4ccccc4)cc3)c3cccc(-c4cc5c6ccc(-c7ccccc7)c(-c7ccccc7)c6oc5c5ccccc45)c3)cc21. The highest BCUT2D eigenvalue weighted by Crippen LogP contribution is 2.51. The Morgan fingerprint density at radius 3 is 1.63 bits per heavy atom. The second kappa shape index (κ2) is 14.6. The van der Waals surface area contributed by atoms with Gasteiger partial charge in [-0.05, 0) is 115 Å². The van der Waals surface area contributed by atoms with Gasteiger partial charge in [0.1, 0.15) is 11.2 Å². The molecule has 0 atom stereocenters. The van der Waals surface area contributed by atoms with Gasteiger partial charge in [-0.15, -0.1) is 0 Å². The Bertz CT molecular complexity index is 3510. The van der Waals surface area contributed by atoms with Gasteiger partial charge < -0.3 is 9.32 Å². The van der Waals surface area contributed by atoms with Gasteiger partial charge in [0.05, 0.1) is 0 Å². The fourth-order valence-electron chi connectivity index (χ4n) is 10.2. The smallest absolute Gasteiger partial charge is 0.143 e. The normalized spacial score (nSPS) is 12.7. The molecule has 0 saturated heterocycles. The van der Waals surface area contributed by atoms with Crippen LogP contribution < -0.4 is 4.90 Å². The molecule has 0 spiro atoms. The molecule has 0 radical (unpaired) electrons. The molecular formula is C61H43NO. The van der Waals surface area contributed by atoms with Crippen molar-refractivity contribution in [2.24, 2.45) is 0 Å². The molecule has 0 bridgehead atoms. The minimum absolute atomic E-state index is 0.128. The van der Waals surface area contributed by atoms with E-state index in [4.69, 9.17) is 4.42 Å². The van der Waals surface area contributed by atoms with Crippen LogP contribution in [0.1, 0.15) is 25.0 Å². The predicted molar refractivity (Wildman–Crippen MR) is 265 cm³/mol. The maximum atomic E-state index is 7.09. The van der Waals surface area contributed by atoms with Crippen LogP contribution in [0, 0.1) is 0 Å². The van der Waals surface area contributed by atoms with Crippen molar-refractivity contribution >= 4 is 49.8 Å². The van der Waals surface area contributed by atoms with Crippen molar-refractivity contribution in [1.29, 1.82) is 0 Å². The number of furan rings is 1. The molecule has 1 aliphatic carbocycles. The molecule has 1 heterocycles. The van der Waals surface area contributed by atoms with Crippen LogP contribution in [0.25, 0.3) is 88.3 Å². The number of hydrogen-bond donors (Lipinski definition) is 0. The largest absolute Gasteiger partial charge is 0.455 e. The zero-order valence-electron chi connectivity index (χ0n) is 35.2. The van der Waals surface area contributed by atoms with Crippen LogP contribution in [-0.4, -0.2) is 0 Å². The van der Waals surface area contributed by atoms with E-state index >= 15 is 0 Å². The van der Waals surface area contributed by atoms with Crippen LogP contribution in [-0.2, 0) is 5.41 Å². The molecule has 10 aromatic carbocycles. The summed E-state index contributed by atoms with van der Waals surface area (Å²) in [6.07, 6.45) is 0. The molecule has 0 amide bonds. The fourth-order valence-corrected chi connectivity index (χ4v) is 10.2. The number of fused-ring (bicyclic) bond motifs is 8. The molecule has 1 aromatic heterocycles. The second-order valence-electron chi connectivity index (χ2n) is 17.2. The summed E-state index contributed by atoms with van der Waals surface area (Å²) >= 11 is 0. The number of hydrogen-bond acceptors (Lipinski definition) is 2. The standard InChI is InChI=1S/C61H43NO/c1-61(2)56-28-15-14-26-50(56)51-34-33-47(38-57(51)61)62(45-31-29-41(30-32-45)40-17-6-3-7-18-40)46-24-16-23-44(37-46)54-39-55-53-36-35-48(42-19-8-4-9-20-42)58(43-21-10-5-11-22-43)60(53)63-59(55)52-27-13-12-25-49(52)54/h3-39H,1-2H3. The number of nitrogens with zero attached hydrogens (tertiary/aromatic N) is 1. The van der Waals surface area contributed by atoms with E-state index < -0.39 is 0 Å². The molecule has 0 saturated carbocycles. The molecule has 2 nitrogen and oxygen atoms in total. The first kappa shape index (κ1) is 36.9. The zero-order chi connectivity index (χ0) is 42.1. The van der Waals surface area contributed by atoms with Gasteiger partial charge >= 0.3 is 0 Å². The van der Waals surface area contributed by atoms with Gasteiger partial charge in [0, 0.05) is 44.2 Å². The molecule has 12 rings (SSSR count). The predicted octanol–water partition coefficient (Wildman–Crippen LogP) is 17.2. The molecule has 11 aromatic rings. The van der Waals surface area contributed by atoms with E-state index in [1.54, 1.807) is 0 Å². The summed E-state index contributed by atoms with van der Waals surface area (Å²) in [4.78, 5) is 2.42. The van der Waals surface area contributed by atoms with Crippen molar-refractivity contribution in [3.8, 4) is 55.6 Å². The van der Waals surface area contributed by atoms with Crippen molar-refractivity contribution in [1.82, 2.24) is 0 Å². The summed E-state index contributed by atoms with van der Waals surface area (Å²) in [5.74, 6) is 0. The van der Waals surface area contributed by atoms with Gasteiger partial charge in [-0.25, -0.2) is 0 Å². The first-order valence-corrected chi connectivity index (χ1v) is 21.8. The van der Waals surface area contributed by atoms with Gasteiger partial charge in [0.15, 0.2) is 0 Å². The third-order valence-electron chi connectivity index (χ3n) is 13.3. The quantitative estimate of drug-likeness (QED) is 0.160. The monoisotopic (exact) mass is 805 g/mol. The van der Waals surface area contributed by atoms with E-state index in [-0.39, 0.29) is 5.41 Å². The summed E-state index contributed by atoms with van der Waals surface area (Å²) < 4.78 is 7.09. The average Bonchev–Trinajstić information content (AvgIpc) is 3.84. The van der Waals surface area contributed by atoms with Gasteiger partial charge in [-0.1, -0.05) is 190 Å². The number of benzene rings is 10. The molecule has 0 N–H and O–H groups in total. The molecular weight excluding hydrogens is 763 g/mol. The Morgan fingerprint density at radius 2 is 0.873 bits per heavy atom. The molecule has 298 valence electrons. The van der Waals surface area contributed by atoms with E-state index in [2.05, 4.69) is 243 Å².